The van der Waals surface area contributed by atoms with E-state index in [-0.39, 0.29) is 5.91 Å². The number of nitrogens with zero attached hydrogens (tertiary/aromatic N) is 4. The monoisotopic (exact) mass is 339 g/mol. The molecule has 4 rings (SSSR count). The van der Waals surface area contributed by atoms with Crippen LogP contribution in [0.15, 0.2) is 41.6 Å². The molecular formula is C17H17N5OS. The highest BCUT2D eigenvalue weighted by Gasteiger charge is 2.23. The normalized spacial score (nSPS) is 14.0. The largest absolute Gasteiger partial charge is 0.353 e. The second-order valence-corrected chi connectivity index (χ2v) is 6.91. The van der Waals surface area contributed by atoms with Gasteiger partial charge in [0, 0.05) is 11.6 Å². The van der Waals surface area contributed by atoms with Crippen LogP contribution < -0.4 is 5.32 Å². The molecule has 1 saturated carbocycles. The van der Waals surface area contributed by atoms with Gasteiger partial charge in [0.25, 0.3) is 0 Å². The maximum absolute atomic E-state index is 11.8. The topological polar surface area (TPSA) is 72.2 Å². The predicted octanol–water partition coefficient (Wildman–Crippen LogP) is 2.47. The Labute approximate surface area is 143 Å². The fourth-order valence-corrected chi connectivity index (χ4v) is 3.06. The van der Waals surface area contributed by atoms with Gasteiger partial charge >= 0.3 is 0 Å². The quantitative estimate of drug-likeness (QED) is 0.723. The maximum Gasteiger partial charge on any atom is 0.230 e. The fraction of sp³-hybridized carbons (Fsp3) is 0.294. The molecule has 0 radical (unpaired) electrons. The van der Waals surface area contributed by atoms with E-state index >= 15 is 0 Å². The summed E-state index contributed by atoms with van der Waals surface area (Å²) in [6.07, 6.45) is 2.18. The first-order chi connectivity index (χ1) is 11.7. The van der Waals surface area contributed by atoms with Gasteiger partial charge in [-0.05, 0) is 31.9 Å². The standard InChI is InChI=1S/C17H17N5OS/c1-11-2-4-12(5-3-11)14-8-9-15-19-20-17(22(15)21-14)24-10-16(23)18-13-6-7-13/h2-5,8-9,13H,6-7,10H2,1H3,(H,18,23). The number of aromatic nitrogens is 4. The van der Waals surface area contributed by atoms with Crippen molar-refractivity contribution in [1.82, 2.24) is 25.1 Å². The van der Waals surface area contributed by atoms with E-state index in [0.717, 1.165) is 24.1 Å². The van der Waals surface area contributed by atoms with E-state index in [0.29, 0.717) is 22.6 Å². The van der Waals surface area contributed by atoms with Crippen LogP contribution in [0.2, 0.25) is 0 Å². The Balaban J connectivity index is 1.56. The Hall–Kier alpha value is -2.41. The van der Waals surface area contributed by atoms with Gasteiger partial charge in [0.2, 0.25) is 11.1 Å². The van der Waals surface area contributed by atoms with E-state index < -0.39 is 0 Å². The minimum atomic E-state index is 0.0361. The summed E-state index contributed by atoms with van der Waals surface area (Å²) in [5.41, 5.74) is 3.78. The van der Waals surface area contributed by atoms with Crippen molar-refractivity contribution in [2.75, 3.05) is 5.75 Å². The third-order valence-corrected chi connectivity index (χ3v) is 4.78. The van der Waals surface area contributed by atoms with Gasteiger partial charge < -0.3 is 5.32 Å². The molecule has 0 spiro atoms. The predicted molar refractivity (Wildman–Crippen MR) is 92.8 cm³/mol. The molecule has 0 bridgehead atoms. The average molecular weight is 339 g/mol. The molecule has 0 atom stereocenters. The molecule has 0 aliphatic heterocycles. The third-order valence-electron chi connectivity index (χ3n) is 3.86. The molecule has 122 valence electrons. The third kappa shape index (κ3) is 3.26. The van der Waals surface area contributed by atoms with Crippen molar-refractivity contribution in [1.29, 1.82) is 0 Å². The first-order valence-electron chi connectivity index (χ1n) is 7.91. The van der Waals surface area contributed by atoms with Gasteiger partial charge in [-0.2, -0.15) is 9.61 Å². The van der Waals surface area contributed by atoms with Gasteiger partial charge in [0.1, 0.15) is 0 Å². The number of carbonyl (C=O) groups is 1. The van der Waals surface area contributed by atoms with Crippen molar-refractivity contribution in [3.63, 3.8) is 0 Å². The molecule has 7 heteroatoms. The summed E-state index contributed by atoms with van der Waals surface area (Å²) in [7, 11) is 0. The number of thioether (sulfide) groups is 1. The summed E-state index contributed by atoms with van der Waals surface area (Å²) < 4.78 is 1.70. The molecular weight excluding hydrogens is 322 g/mol. The van der Waals surface area contributed by atoms with Crippen LogP contribution in [-0.2, 0) is 4.79 Å². The summed E-state index contributed by atoms with van der Waals surface area (Å²) in [5.74, 6) is 0.363. The summed E-state index contributed by atoms with van der Waals surface area (Å²) in [6, 6.07) is 12.4. The Bertz CT molecular complexity index is 886. The molecule has 1 amide bonds. The molecule has 1 aliphatic rings. The van der Waals surface area contributed by atoms with Crippen molar-refractivity contribution in [2.45, 2.75) is 31.0 Å². The second-order valence-electron chi connectivity index (χ2n) is 5.97. The number of fused-ring (bicyclic) bond motifs is 1. The number of carbonyl (C=O) groups excluding carboxylic acids is 1. The van der Waals surface area contributed by atoms with Gasteiger partial charge in [-0.1, -0.05) is 41.6 Å². The fourth-order valence-electron chi connectivity index (χ4n) is 2.36. The molecule has 2 aromatic heterocycles. The minimum Gasteiger partial charge on any atom is -0.353 e. The molecule has 24 heavy (non-hydrogen) atoms. The lowest BCUT2D eigenvalue weighted by molar-refractivity contribution is -0.118. The van der Waals surface area contributed by atoms with Crippen molar-refractivity contribution >= 4 is 23.3 Å². The van der Waals surface area contributed by atoms with Crippen LogP contribution in [0, 0.1) is 6.92 Å². The Morgan fingerprint density at radius 2 is 2.00 bits per heavy atom. The summed E-state index contributed by atoms with van der Waals surface area (Å²) >= 11 is 1.36. The average Bonchev–Trinajstić information content (AvgIpc) is 3.31. The smallest absolute Gasteiger partial charge is 0.230 e. The number of benzene rings is 1. The Kier molecular flexibility index (Phi) is 3.93. The lowest BCUT2D eigenvalue weighted by Gasteiger charge is -2.04. The number of aryl methyl sites for hydroxylation is 1. The molecule has 1 N–H and O–H groups in total. The Morgan fingerprint density at radius 3 is 2.75 bits per heavy atom. The van der Waals surface area contributed by atoms with Crippen LogP contribution in [0.1, 0.15) is 18.4 Å². The van der Waals surface area contributed by atoms with Crippen molar-refractivity contribution in [2.24, 2.45) is 0 Å². The molecule has 0 saturated heterocycles. The van der Waals surface area contributed by atoms with Crippen LogP contribution in [0.3, 0.4) is 0 Å². The summed E-state index contributed by atoms with van der Waals surface area (Å²) in [6.45, 7) is 2.06. The molecule has 3 aromatic rings. The van der Waals surface area contributed by atoms with Crippen LogP contribution in [0.5, 0.6) is 0 Å². The summed E-state index contributed by atoms with van der Waals surface area (Å²) in [4.78, 5) is 11.8. The lowest BCUT2D eigenvalue weighted by Crippen LogP contribution is -2.27. The molecule has 1 fully saturated rings. The Morgan fingerprint density at radius 1 is 1.21 bits per heavy atom. The highest BCUT2D eigenvalue weighted by atomic mass is 32.2. The van der Waals surface area contributed by atoms with Crippen molar-refractivity contribution in [3.8, 4) is 11.3 Å². The van der Waals surface area contributed by atoms with Gasteiger partial charge in [-0.3, -0.25) is 4.79 Å². The van der Waals surface area contributed by atoms with Gasteiger partial charge in [0.15, 0.2) is 5.65 Å². The molecule has 1 aromatic carbocycles. The van der Waals surface area contributed by atoms with Gasteiger partial charge in [-0.25, -0.2) is 0 Å². The molecule has 6 nitrogen and oxygen atoms in total. The van der Waals surface area contributed by atoms with Crippen LogP contribution in [0.4, 0.5) is 0 Å². The van der Waals surface area contributed by atoms with E-state index in [1.165, 1.54) is 17.3 Å². The number of amides is 1. The zero-order valence-corrected chi connectivity index (χ0v) is 14.1. The van der Waals surface area contributed by atoms with Crippen LogP contribution in [-0.4, -0.2) is 37.5 Å². The first kappa shape index (κ1) is 15.1. The molecule has 0 unspecified atom stereocenters. The zero-order chi connectivity index (χ0) is 16.5. The van der Waals surface area contributed by atoms with Crippen LogP contribution in [0.25, 0.3) is 16.9 Å². The number of hydrogen-bond donors (Lipinski definition) is 1. The van der Waals surface area contributed by atoms with E-state index in [4.69, 9.17) is 0 Å². The van der Waals surface area contributed by atoms with Crippen LogP contribution >= 0.6 is 11.8 Å². The van der Waals surface area contributed by atoms with E-state index in [1.54, 1.807) is 4.52 Å². The summed E-state index contributed by atoms with van der Waals surface area (Å²) in [5, 5.41) is 16.5. The minimum absolute atomic E-state index is 0.0361. The van der Waals surface area contributed by atoms with Gasteiger partial charge in [-0.15, -0.1) is 10.2 Å². The van der Waals surface area contributed by atoms with E-state index in [2.05, 4.69) is 39.7 Å². The van der Waals surface area contributed by atoms with E-state index in [1.807, 2.05) is 24.3 Å². The number of nitrogens with one attached hydrogen (secondary N) is 1. The second kappa shape index (κ2) is 6.24. The number of rotatable bonds is 5. The SMILES string of the molecule is Cc1ccc(-c2ccc3nnc(SCC(=O)NC4CC4)n3n2)cc1. The maximum atomic E-state index is 11.8. The highest BCUT2D eigenvalue weighted by molar-refractivity contribution is 7.99. The molecule has 2 heterocycles. The highest BCUT2D eigenvalue weighted by Crippen LogP contribution is 2.22. The lowest BCUT2D eigenvalue weighted by atomic mass is 10.1. The first-order valence-corrected chi connectivity index (χ1v) is 8.89. The molecule has 1 aliphatic carbocycles. The van der Waals surface area contributed by atoms with Crippen molar-refractivity contribution < 1.29 is 4.79 Å². The zero-order valence-electron chi connectivity index (χ0n) is 13.3. The van der Waals surface area contributed by atoms with E-state index in [9.17, 15) is 4.79 Å². The van der Waals surface area contributed by atoms with Crippen molar-refractivity contribution in [3.05, 3.63) is 42.0 Å². The number of hydrogen-bond acceptors (Lipinski definition) is 5. The van der Waals surface area contributed by atoms with Gasteiger partial charge in [0.05, 0.1) is 11.4 Å².